The van der Waals surface area contributed by atoms with Gasteiger partial charge in [-0.15, -0.1) is 0 Å². The van der Waals surface area contributed by atoms with Crippen molar-refractivity contribution in [2.45, 2.75) is 51.0 Å². The van der Waals surface area contributed by atoms with Crippen molar-refractivity contribution in [2.75, 3.05) is 7.11 Å². The molecule has 1 aliphatic heterocycles. The van der Waals surface area contributed by atoms with Crippen molar-refractivity contribution in [3.63, 3.8) is 0 Å². The zero-order chi connectivity index (χ0) is 26.5. The maximum Gasteiger partial charge on any atom is 0.332 e. The van der Waals surface area contributed by atoms with Crippen LogP contribution in [0.5, 0.6) is 0 Å². The molecule has 3 aromatic rings. The number of amides is 2. The van der Waals surface area contributed by atoms with Gasteiger partial charge in [-0.1, -0.05) is 91.0 Å². The zero-order valence-electron chi connectivity index (χ0n) is 21.5. The molecule has 0 radical (unpaired) electrons. The summed E-state index contributed by atoms with van der Waals surface area (Å²) in [5.74, 6) is -1.33. The van der Waals surface area contributed by atoms with Gasteiger partial charge in [0.1, 0.15) is 0 Å². The first-order valence-electron chi connectivity index (χ1n) is 12.4. The van der Waals surface area contributed by atoms with Crippen LogP contribution in [-0.2, 0) is 19.1 Å². The predicted molar refractivity (Wildman–Crippen MR) is 139 cm³/mol. The van der Waals surface area contributed by atoms with E-state index >= 15 is 0 Å². The van der Waals surface area contributed by atoms with Crippen LogP contribution >= 0.6 is 0 Å². The van der Waals surface area contributed by atoms with Gasteiger partial charge in [-0.3, -0.25) is 4.90 Å². The summed E-state index contributed by atoms with van der Waals surface area (Å²) in [6.45, 7) is 5.32. The Morgan fingerprint density at radius 2 is 1.11 bits per heavy atom. The minimum atomic E-state index is -1.22. The molecule has 1 fully saturated rings. The molecule has 3 atom stereocenters. The van der Waals surface area contributed by atoms with Crippen molar-refractivity contribution >= 4 is 18.0 Å². The smallest absolute Gasteiger partial charge is 0.332 e. The van der Waals surface area contributed by atoms with Crippen LogP contribution in [0, 0.1) is 0 Å². The van der Waals surface area contributed by atoms with Crippen molar-refractivity contribution in [3.05, 3.63) is 108 Å². The Kier molecular flexibility index (Phi) is 7.92. The molecule has 1 saturated heterocycles. The van der Waals surface area contributed by atoms with Gasteiger partial charge in [-0.25, -0.2) is 14.4 Å². The van der Waals surface area contributed by atoms with Crippen LogP contribution in [0.2, 0.25) is 0 Å². The van der Waals surface area contributed by atoms with Crippen molar-refractivity contribution in [3.8, 4) is 0 Å². The Labute approximate surface area is 217 Å². The molecule has 7 nitrogen and oxygen atoms in total. The fourth-order valence-electron chi connectivity index (χ4n) is 4.94. The average molecular weight is 501 g/mol. The molecule has 1 heterocycles. The summed E-state index contributed by atoms with van der Waals surface area (Å²) in [5, 5.41) is 0. The first-order valence-corrected chi connectivity index (χ1v) is 12.4. The standard InChI is InChI=1S/C30H32N2O5/c1-20(2)37-29(34)27-26(28(33)36-4)32(30(35)31(27)21(3)22-14-8-5-9-15-22)25(23-16-10-6-11-17-23)24-18-12-7-13-19-24/h5-21,25-27H,1-4H3/t21-,26?,27?/m1/s1. The first-order chi connectivity index (χ1) is 17.8. The fourth-order valence-corrected chi connectivity index (χ4v) is 4.94. The average Bonchev–Trinajstić information content (AvgIpc) is 3.22. The highest BCUT2D eigenvalue weighted by molar-refractivity contribution is 5.97. The molecule has 0 spiro atoms. The minimum Gasteiger partial charge on any atom is -0.467 e. The second kappa shape index (κ2) is 11.3. The molecule has 2 amide bonds. The van der Waals surface area contributed by atoms with Gasteiger partial charge in [0.05, 0.1) is 25.3 Å². The Balaban J connectivity index is 1.92. The van der Waals surface area contributed by atoms with Crippen LogP contribution in [-0.4, -0.2) is 53.1 Å². The second-order valence-corrected chi connectivity index (χ2v) is 9.31. The summed E-state index contributed by atoms with van der Waals surface area (Å²) in [7, 11) is 1.26. The van der Waals surface area contributed by atoms with Gasteiger partial charge in [0.25, 0.3) is 0 Å². The lowest BCUT2D eigenvalue weighted by Crippen LogP contribution is -2.50. The van der Waals surface area contributed by atoms with Gasteiger partial charge in [0.15, 0.2) is 12.1 Å². The number of rotatable bonds is 8. The SMILES string of the molecule is COC(=O)C1C(C(=O)OC(C)C)N([C@H](C)c2ccccc2)C(=O)N1C(c1ccccc1)c1ccccc1. The number of esters is 2. The first kappa shape index (κ1) is 25.9. The molecule has 192 valence electrons. The topological polar surface area (TPSA) is 76.2 Å². The molecule has 0 aromatic heterocycles. The second-order valence-electron chi connectivity index (χ2n) is 9.31. The monoisotopic (exact) mass is 500 g/mol. The Hall–Kier alpha value is -4.13. The molecule has 0 bridgehead atoms. The largest absolute Gasteiger partial charge is 0.467 e. The number of urea groups is 1. The van der Waals surface area contributed by atoms with Gasteiger partial charge in [0, 0.05) is 0 Å². The van der Waals surface area contributed by atoms with Crippen LogP contribution in [0.25, 0.3) is 0 Å². The van der Waals surface area contributed by atoms with E-state index in [0.29, 0.717) is 0 Å². The molecule has 7 heteroatoms. The van der Waals surface area contributed by atoms with Crippen molar-refractivity contribution in [1.29, 1.82) is 0 Å². The summed E-state index contributed by atoms with van der Waals surface area (Å²) < 4.78 is 10.8. The Morgan fingerprint density at radius 1 is 0.676 bits per heavy atom. The molecule has 2 unspecified atom stereocenters. The summed E-state index contributed by atoms with van der Waals surface area (Å²) in [6.07, 6.45) is -0.428. The van der Waals surface area contributed by atoms with E-state index in [1.165, 1.54) is 16.9 Å². The lowest BCUT2D eigenvalue weighted by atomic mass is 9.95. The van der Waals surface area contributed by atoms with Crippen LogP contribution in [0.4, 0.5) is 4.79 Å². The lowest BCUT2D eigenvalue weighted by Gasteiger charge is -2.32. The normalized spacial score (nSPS) is 18.3. The molecule has 3 aromatic carbocycles. The van der Waals surface area contributed by atoms with Crippen LogP contribution in [0.15, 0.2) is 91.0 Å². The highest BCUT2D eigenvalue weighted by Gasteiger charge is 2.58. The van der Waals surface area contributed by atoms with Crippen LogP contribution in [0.3, 0.4) is 0 Å². The van der Waals surface area contributed by atoms with E-state index < -0.39 is 48.2 Å². The van der Waals surface area contributed by atoms with Crippen LogP contribution in [0.1, 0.15) is 49.5 Å². The summed E-state index contributed by atoms with van der Waals surface area (Å²) in [5.41, 5.74) is 2.45. The van der Waals surface area contributed by atoms with Crippen molar-refractivity contribution in [1.82, 2.24) is 9.80 Å². The minimum absolute atomic E-state index is 0.428. The highest BCUT2D eigenvalue weighted by Crippen LogP contribution is 2.41. The van der Waals surface area contributed by atoms with E-state index in [2.05, 4.69) is 0 Å². The number of hydrogen-bond acceptors (Lipinski definition) is 5. The van der Waals surface area contributed by atoms with E-state index in [1.54, 1.807) is 13.8 Å². The highest BCUT2D eigenvalue weighted by atomic mass is 16.5. The van der Waals surface area contributed by atoms with Gasteiger partial charge in [-0.2, -0.15) is 0 Å². The van der Waals surface area contributed by atoms with Crippen molar-refractivity contribution in [2.24, 2.45) is 0 Å². The zero-order valence-corrected chi connectivity index (χ0v) is 21.5. The summed E-state index contributed by atoms with van der Waals surface area (Å²) >= 11 is 0. The molecule has 4 rings (SSSR count). The van der Waals surface area contributed by atoms with E-state index in [1.807, 2.05) is 97.9 Å². The third kappa shape index (κ3) is 5.21. The van der Waals surface area contributed by atoms with Crippen LogP contribution < -0.4 is 0 Å². The van der Waals surface area contributed by atoms with E-state index in [4.69, 9.17) is 9.47 Å². The molecule has 0 aliphatic carbocycles. The molecule has 37 heavy (non-hydrogen) atoms. The number of carbonyl (C=O) groups excluding carboxylic acids is 3. The van der Waals surface area contributed by atoms with Crippen molar-refractivity contribution < 1.29 is 23.9 Å². The predicted octanol–water partition coefficient (Wildman–Crippen LogP) is 5.14. The van der Waals surface area contributed by atoms with E-state index in [0.717, 1.165) is 16.7 Å². The van der Waals surface area contributed by atoms with Gasteiger partial charge in [0.2, 0.25) is 0 Å². The molecule has 1 aliphatic rings. The van der Waals surface area contributed by atoms with E-state index in [-0.39, 0.29) is 0 Å². The third-order valence-corrected chi connectivity index (χ3v) is 6.58. The summed E-state index contributed by atoms with van der Waals surface area (Å²) in [4.78, 5) is 44.3. The number of nitrogens with zero attached hydrogens (tertiary/aromatic N) is 2. The fraction of sp³-hybridized carbons (Fsp3) is 0.300. The Morgan fingerprint density at radius 3 is 1.54 bits per heavy atom. The molecule has 0 saturated carbocycles. The number of hydrogen-bond donors (Lipinski definition) is 0. The van der Waals surface area contributed by atoms with E-state index in [9.17, 15) is 14.4 Å². The lowest BCUT2D eigenvalue weighted by molar-refractivity contribution is -0.159. The summed E-state index contributed by atoms with van der Waals surface area (Å²) in [6, 6.07) is 24.3. The number of methoxy groups -OCH3 is 1. The third-order valence-electron chi connectivity index (χ3n) is 6.58. The number of carbonyl (C=O) groups is 3. The molecular formula is C30H32N2O5. The number of benzene rings is 3. The van der Waals surface area contributed by atoms with Gasteiger partial charge >= 0.3 is 18.0 Å². The number of ether oxygens (including phenoxy) is 2. The Bertz CT molecular complexity index is 1180. The van der Waals surface area contributed by atoms with Gasteiger partial charge in [-0.05, 0) is 37.5 Å². The molecular weight excluding hydrogens is 468 g/mol. The molecule has 0 N–H and O–H groups in total. The maximum absolute atomic E-state index is 14.4. The maximum atomic E-state index is 14.4. The van der Waals surface area contributed by atoms with Gasteiger partial charge < -0.3 is 14.4 Å². The quantitative estimate of drug-likeness (QED) is 0.401.